The first kappa shape index (κ1) is 16.5. The van der Waals surface area contributed by atoms with E-state index in [1.807, 2.05) is 6.07 Å². The molecule has 1 aromatic carbocycles. The van der Waals surface area contributed by atoms with Gasteiger partial charge in [0.05, 0.1) is 5.69 Å². The number of aromatic nitrogens is 5. The topological polar surface area (TPSA) is 83.5 Å². The summed E-state index contributed by atoms with van der Waals surface area (Å²) in [4.78, 5) is 2.27. The molecule has 1 aliphatic rings. The number of benzene rings is 1. The monoisotopic (exact) mass is 363 g/mol. The first-order chi connectivity index (χ1) is 12.7. The Labute approximate surface area is 155 Å². The number of nitriles is 1. The lowest BCUT2D eigenvalue weighted by atomic mass is 10.2. The van der Waals surface area contributed by atoms with Crippen molar-refractivity contribution in [2.24, 2.45) is 0 Å². The van der Waals surface area contributed by atoms with E-state index in [4.69, 9.17) is 5.26 Å². The Balaban J connectivity index is 1.73. The molecule has 0 spiro atoms. The summed E-state index contributed by atoms with van der Waals surface area (Å²) >= 11 is 1.39. The van der Waals surface area contributed by atoms with Crippen molar-refractivity contribution in [3.63, 3.8) is 0 Å². The van der Waals surface area contributed by atoms with Crippen LogP contribution in [0.5, 0.6) is 0 Å². The van der Waals surface area contributed by atoms with E-state index in [9.17, 15) is 0 Å². The fourth-order valence-electron chi connectivity index (χ4n) is 2.90. The summed E-state index contributed by atoms with van der Waals surface area (Å²) in [5.74, 6) is 0.857. The summed E-state index contributed by atoms with van der Waals surface area (Å²) in [6, 6.07) is 13.7. The number of nitrogens with zero attached hydrogens (tertiary/aromatic N) is 7. The maximum Gasteiger partial charge on any atom is 0.232 e. The largest absolute Gasteiger partial charge is 0.341 e. The first-order valence-corrected chi connectivity index (χ1v) is 9.25. The highest BCUT2D eigenvalue weighted by atomic mass is 32.2. The molecule has 26 heavy (non-hydrogen) atoms. The van der Waals surface area contributed by atoms with E-state index >= 15 is 0 Å². The van der Waals surface area contributed by atoms with E-state index in [-0.39, 0.29) is 0 Å². The van der Waals surface area contributed by atoms with Gasteiger partial charge in [0.15, 0.2) is 5.69 Å². The Bertz CT molecular complexity index is 935. The summed E-state index contributed by atoms with van der Waals surface area (Å²) in [6.07, 6.45) is 2.34. The summed E-state index contributed by atoms with van der Waals surface area (Å²) in [7, 11) is 0. The number of hydrogen-bond donors (Lipinski definition) is 0. The van der Waals surface area contributed by atoms with Gasteiger partial charge in [-0.05, 0) is 55.8 Å². The molecule has 0 amide bonds. The van der Waals surface area contributed by atoms with Gasteiger partial charge in [-0.2, -0.15) is 5.26 Å². The van der Waals surface area contributed by atoms with Crippen molar-refractivity contribution in [2.75, 3.05) is 18.0 Å². The molecule has 0 aliphatic carbocycles. The van der Waals surface area contributed by atoms with E-state index in [1.165, 1.54) is 30.2 Å². The Morgan fingerprint density at radius 3 is 2.38 bits per heavy atom. The molecule has 0 bridgehead atoms. The fourth-order valence-corrected chi connectivity index (χ4v) is 3.66. The van der Waals surface area contributed by atoms with Gasteiger partial charge in [0, 0.05) is 13.1 Å². The molecule has 7 nitrogen and oxygen atoms in total. The van der Waals surface area contributed by atoms with Crippen LogP contribution in [0.3, 0.4) is 0 Å². The molecule has 3 heterocycles. The molecule has 0 unspecified atom stereocenters. The predicted octanol–water partition coefficient (Wildman–Crippen LogP) is 2.99. The average molecular weight is 363 g/mol. The smallest absolute Gasteiger partial charge is 0.232 e. The molecule has 0 radical (unpaired) electrons. The van der Waals surface area contributed by atoms with Crippen LogP contribution < -0.4 is 4.90 Å². The van der Waals surface area contributed by atoms with E-state index < -0.39 is 0 Å². The average Bonchev–Trinajstić information content (AvgIpc) is 3.33. The van der Waals surface area contributed by atoms with E-state index in [2.05, 4.69) is 61.1 Å². The molecular weight excluding hydrogens is 346 g/mol. The minimum atomic E-state index is 0.298. The van der Waals surface area contributed by atoms with Crippen LogP contribution in [0.4, 0.5) is 5.95 Å². The van der Waals surface area contributed by atoms with Crippen LogP contribution >= 0.6 is 11.8 Å². The van der Waals surface area contributed by atoms with Gasteiger partial charge >= 0.3 is 0 Å². The maximum atomic E-state index is 8.87. The highest BCUT2D eigenvalue weighted by Crippen LogP contribution is 2.31. The molecule has 3 aromatic rings. The quantitative estimate of drug-likeness (QED) is 0.704. The van der Waals surface area contributed by atoms with E-state index in [0.717, 1.165) is 29.9 Å². The fraction of sp³-hybridized carbons (Fsp3) is 0.278. The zero-order valence-corrected chi connectivity index (χ0v) is 15.1. The summed E-state index contributed by atoms with van der Waals surface area (Å²) in [6.45, 7) is 4.05. The third kappa shape index (κ3) is 3.26. The van der Waals surface area contributed by atoms with Crippen molar-refractivity contribution in [3.05, 3.63) is 47.7 Å². The molecule has 0 N–H and O–H groups in total. The van der Waals surface area contributed by atoms with Gasteiger partial charge in [-0.15, -0.1) is 20.4 Å². The first-order valence-electron chi connectivity index (χ1n) is 8.44. The molecule has 0 atom stereocenters. The summed E-state index contributed by atoms with van der Waals surface area (Å²) < 4.78 is 2.06. The molecule has 130 valence electrons. The number of anilines is 1. The Kier molecular flexibility index (Phi) is 4.54. The van der Waals surface area contributed by atoms with Crippen molar-refractivity contribution in [1.29, 1.82) is 5.26 Å². The molecule has 2 aromatic heterocycles. The molecule has 1 fully saturated rings. The van der Waals surface area contributed by atoms with Crippen molar-refractivity contribution < 1.29 is 0 Å². The summed E-state index contributed by atoms with van der Waals surface area (Å²) in [5.41, 5.74) is 2.52. The third-order valence-corrected chi connectivity index (χ3v) is 5.12. The van der Waals surface area contributed by atoms with Gasteiger partial charge in [-0.1, -0.05) is 17.7 Å². The van der Waals surface area contributed by atoms with Crippen LogP contribution in [0.25, 0.3) is 5.69 Å². The van der Waals surface area contributed by atoms with Crippen LogP contribution in [-0.4, -0.2) is 38.1 Å². The molecule has 0 saturated carbocycles. The van der Waals surface area contributed by atoms with Crippen LogP contribution in [0, 0.1) is 18.3 Å². The zero-order valence-electron chi connectivity index (χ0n) is 14.3. The minimum Gasteiger partial charge on any atom is -0.341 e. The molecule has 8 heteroatoms. The SMILES string of the molecule is Cc1ccc(-n2c(Sc3ccc(C#N)nn3)nnc2N2CCCC2)cc1. The van der Waals surface area contributed by atoms with E-state index in [1.54, 1.807) is 12.1 Å². The summed E-state index contributed by atoms with van der Waals surface area (Å²) in [5, 5.41) is 27.1. The second-order valence-electron chi connectivity index (χ2n) is 6.12. The standard InChI is InChI=1S/C18H17N7S/c1-13-4-7-15(8-5-13)25-17(24-10-2-3-11-24)22-23-18(25)26-16-9-6-14(12-19)20-21-16/h4-9H,2-3,10-11H2,1H3. The van der Waals surface area contributed by atoms with Crippen molar-refractivity contribution in [1.82, 2.24) is 25.0 Å². The second kappa shape index (κ2) is 7.14. The van der Waals surface area contributed by atoms with Gasteiger partial charge in [0.1, 0.15) is 11.1 Å². The predicted molar refractivity (Wildman–Crippen MR) is 98.4 cm³/mol. The lowest BCUT2D eigenvalue weighted by Crippen LogP contribution is -2.22. The lowest BCUT2D eigenvalue weighted by Gasteiger charge is -2.18. The lowest BCUT2D eigenvalue weighted by molar-refractivity contribution is 0.836. The third-order valence-electron chi connectivity index (χ3n) is 4.25. The minimum absolute atomic E-state index is 0.298. The van der Waals surface area contributed by atoms with Crippen LogP contribution in [-0.2, 0) is 0 Å². The van der Waals surface area contributed by atoms with Gasteiger partial charge < -0.3 is 4.90 Å². The molecule has 4 rings (SSSR count). The highest BCUT2D eigenvalue weighted by molar-refractivity contribution is 7.99. The Morgan fingerprint density at radius 2 is 1.73 bits per heavy atom. The Morgan fingerprint density at radius 1 is 0.962 bits per heavy atom. The zero-order chi connectivity index (χ0) is 17.9. The van der Waals surface area contributed by atoms with Gasteiger partial charge in [0.25, 0.3) is 0 Å². The Hall–Kier alpha value is -2.92. The van der Waals surface area contributed by atoms with Gasteiger partial charge in [0.2, 0.25) is 11.1 Å². The van der Waals surface area contributed by atoms with Gasteiger partial charge in [-0.3, -0.25) is 4.57 Å². The number of aryl methyl sites for hydroxylation is 1. The molecule has 1 aliphatic heterocycles. The van der Waals surface area contributed by atoms with Crippen LogP contribution in [0.1, 0.15) is 24.1 Å². The molecule has 1 saturated heterocycles. The number of hydrogen-bond acceptors (Lipinski definition) is 7. The normalized spacial score (nSPS) is 13.8. The van der Waals surface area contributed by atoms with Crippen LogP contribution in [0.2, 0.25) is 0 Å². The van der Waals surface area contributed by atoms with Crippen molar-refractivity contribution >= 4 is 17.7 Å². The highest BCUT2D eigenvalue weighted by Gasteiger charge is 2.23. The van der Waals surface area contributed by atoms with E-state index in [0.29, 0.717) is 10.7 Å². The molecular formula is C18H17N7S. The number of rotatable bonds is 4. The van der Waals surface area contributed by atoms with Crippen LogP contribution in [0.15, 0.2) is 46.6 Å². The van der Waals surface area contributed by atoms with Gasteiger partial charge in [-0.25, -0.2) is 0 Å². The van der Waals surface area contributed by atoms with Crippen molar-refractivity contribution in [3.8, 4) is 11.8 Å². The second-order valence-corrected chi connectivity index (χ2v) is 7.11. The van der Waals surface area contributed by atoms with Crippen molar-refractivity contribution in [2.45, 2.75) is 29.9 Å². The maximum absolute atomic E-state index is 8.87.